The van der Waals surface area contributed by atoms with Gasteiger partial charge in [0, 0.05) is 24.8 Å². The van der Waals surface area contributed by atoms with Gasteiger partial charge in [-0.15, -0.1) is 0 Å². The van der Waals surface area contributed by atoms with E-state index in [0.717, 1.165) is 22.3 Å². The van der Waals surface area contributed by atoms with E-state index in [4.69, 9.17) is 14.6 Å². The highest BCUT2D eigenvalue weighted by molar-refractivity contribution is 5.99. The topological polar surface area (TPSA) is 122 Å². The predicted octanol–water partition coefficient (Wildman–Crippen LogP) is 3.43. The molecule has 3 aromatic rings. The number of carboxylic acid groups (broad SMARTS) is 2. The van der Waals surface area contributed by atoms with Crippen molar-refractivity contribution in [3.63, 3.8) is 0 Å². The van der Waals surface area contributed by atoms with Crippen LogP contribution in [0.4, 0.5) is 0 Å². The van der Waals surface area contributed by atoms with Gasteiger partial charge in [-0.05, 0) is 41.8 Å². The van der Waals surface area contributed by atoms with E-state index in [9.17, 15) is 19.5 Å². The van der Waals surface area contributed by atoms with Crippen LogP contribution < -0.4 is 14.8 Å². The first kappa shape index (κ1) is 24.8. The molecule has 3 aromatic carbocycles. The van der Waals surface area contributed by atoms with Gasteiger partial charge in [-0.3, -0.25) is 4.79 Å². The van der Waals surface area contributed by atoms with Crippen LogP contribution in [0.1, 0.15) is 32.6 Å². The second kappa shape index (κ2) is 10.5. The Morgan fingerprint density at radius 2 is 1.61 bits per heavy atom. The molecule has 1 amide bonds. The minimum Gasteiger partial charge on any atom is -0.489 e. The second-order valence-electron chi connectivity index (χ2n) is 8.90. The van der Waals surface area contributed by atoms with Crippen LogP contribution >= 0.6 is 0 Å². The molecule has 0 fully saturated rings. The molecule has 186 valence electrons. The SMILES string of the molecule is Cc1cccc(CCOc2cc(C(=O)NC3(C(=O)O)Cc4ccccc4C3)ccc2OCC(=O)O)c1. The summed E-state index contributed by atoms with van der Waals surface area (Å²) in [6, 6.07) is 19.7. The molecule has 0 spiro atoms. The van der Waals surface area contributed by atoms with Gasteiger partial charge in [0.15, 0.2) is 18.1 Å². The smallest absolute Gasteiger partial charge is 0.341 e. The number of carbonyl (C=O) groups is 3. The average molecular weight is 490 g/mol. The molecule has 8 nitrogen and oxygen atoms in total. The van der Waals surface area contributed by atoms with Crippen LogP contribution in [0, 0.1) is 6.92 Å². The fourth-order valence-corrected chi connectivity index (χ4v) is 4.37. The Hall–Kier alpha value is -4.33. The van der Waals surface area contributed by atoms with Gasteiger partial charge in [-0.2, -0.15) is 0 Å². The van der Waals surface area contributed by atoms with Gasteiger partial charge in [0.25, 0.3) is 5.91 Å². The van der Waals surface area contributed by atoms with E-state index in [0.29, 0.717) is 6.42 Å². The van der Waals surface area contributed by atoms with Crippen LogP contribution in [0.2, 0.25) is 0 Å². The zero-order chi connectivity index (χ0) is 25.7. The standard InChI is InChI=1S/C28H27NO7/c1-18-5-4-6-19(13-18)11-12-35-24-14-20(9-10-23(24)36-17-25(30)31)26(32)29-28(27(33)34)15-21-7-2-3-8-22(21)16-28/h2-10,13-14H,11-12,15-17H2,1H3,(H,29,32)(H,30,31)(H,33,34). The Labute approximate surface area is 208 Å². The van der Waals surface area contributed by atoms with E-state index in [1.807, 2.05) is 55.5 Å². The molecule has 4 rings (SSSR count). The number of hydrogen-bond donors (Lipinski definition) is 3. The molecule has 0 saturated heterocycles. The number of carboxylic acids is 2. The molecule has 1 aliphatic carbocycles. The maximum atomic E-state index is 13.2. The van der Waals surface area contributed by atoms with Gasteiger partial charge in [-0.25, -0.2) is 9.59 Å². The Balaban J connectivity index is 1.52. The second-order valence-corrected chi connectivity index (χ2v) is 8.90. The monoisotopic (exact) mass is 489 g/mol. The van der Waals surface area contributed by atoms with Crippen molar-refractivity contribution in [3.05, 3.63) is 94.5 Å². The summed E-state index contributed by atoms with van der Waals surface area (Å²) >= 11 is 0. The summed E-state index contributed by atoms with van der Waals surface area (Å²) in [6.45, 7) is 1.70. The van der Waals surface area contributed by atoms with Crippen molar-refractivity contribution in [2.24, 2.45) is 0 Å². The van der Waals surface area contributed by atoms with E-state index >= 15 is 0 Å². The average Bonchev–Trinajstić information content (AvgIpc) is 3.22. The molecule has 1 aliphatic rings. The maximum Gasteiger partial charge on any atom is 0.341 e. The first-order valence-electron chi connectivity index (χ1n) is 11.6. The van der Waals surface area contributed by atoms with Crippen molar-refractivity contribution in [1.82, 2.24) is 5.32 Å². The molecule has 0 aromatic heterocycles. The predicted molar refractivity (Wildman–Crippen MR) is 132 cm³/mol. The van der Waals surface area contributed by atoms with Crippen molar-refractivity contribution in [2.75, 3.05) is 13.2 Å². The van der Waals surface area contributed by atoms with Gasteiger partial charge in [0.1, 0.15) is 5.54 Å². The number of rotatable bonds is 10. The lowest BCUT2D eigenvalue weighted by Crippen LogP contribution is -2.55. The first-order chi connectivity index (χ1) is 17.3. The number of nitrogens with one attached hydrogen (secondary N) is 1. The fraction of sp³-hybridized carbons (Fsp3) is 0.250. The van der Waals surface area contributed by atoms with Gasteiger partial charge < -0.3 is 25.0 Å². The number of carbonyl (C=O) groups excluding carboxylic acids is 1. The molecule has 0 aliphatic heterocycles. The van der Waals surface area contributed by atoms with E-state index in [-0.39, 0.29) is 36.5 Å². The quantitative estimate of drug-likeness (QED) is 0.399. The number of aliphatic carboxylic acids is 2. The number of amides is 1. The summed E-state index contributed by atoms with van der Waals surface area (Å²) in [7, 11) is 0. The highest BCUT2D eigenvalue weighted by atomic mass is 16.5. The summed E-state index contributed by atoms with van der Waals surface area (Å²) in [6.07, 6.45) is 0.963. The largest absolute Gasteiger partial charge is 0.489 e. The Bertz CT molecular complexity index is 1280. The highest BCUT2D eigenvalue weighted by Gasteiger charge is 2.45. The molecule has 8 heteroatoms. The molecule has 0 heterocycles. The first-order valence-corrected chi connectivity index (χ1v) is 11.6. The van der Waals surface area contributed by atoms with Gasteiger partial charge >= 0.3 is 11.9 Å². The Kier molecular flexibility index (Phi) is 7.24. The third-order valence-electron chi connectivity index (χ3n) is 6.15. The number of ether oxygens (including phenoxy) is 2. The van der Waals surface area contributed by atoms with Crippen LogP contribution in [-0.2, 0) is 28.9 Å². The molecular weight excluding hydrogens is 462 g/mol. The highest BCUT2D eigenvalue weighted by Crippen LogP contribution is 2.32. The summed E-state index contributed by atoms with van der Waals surface area (Å²) in [4.78, 5) is 36.4. The van der Waals surface area contributed by atoms with Crippen LogP contribution in [0.3, 0.4) is 0 Å². The lowest BCUT2D eigenvalue weighted by molar-refractivity contribution is -0.144. The zero-order valence-electron chi connectivity index (χ0n) is 19.8. The summed E-state index contributed by atoms with van der Waals surface area (Å²) < 4.78 is 11.2. The van der Waals surface area contributed by atoms with Gasteiger partial charge in [0.2, 0.25) is 0 Å². The Morgan fingerprint density at radius 1 is 0.889 bits per heavy atom. The lowest BCUT2D eigenvalue weighted by Gasteiger charge is -2.25. The van der Waals surface area contributed by atoms with Crippen LogP contribution in [0.25, 0.3) is 0 Å². The molecule has 0 saturated carbocycles. The molecular formula is C28H27NO7. The zero-order valence-corrected chi connectivity index (χ0v) is 19.8. The number of benzene rings is 3. The summed E-state index contributed by atoms with van der Waals surface area (Å²) in [5.74, 6) is -2.44. The molecule has 36 heavy (non-hydrogen) atoms. The molecule has 0 unspecified atom stereocenters. The van der Waals surface area contributed by atoms with Crippen molar-refractivity contribution >= 4 is 17.8 Å². The number of fused-ring (bicyclic) bond motifs is 1. The normalized spacial score (nSPS) is 13.5. The fourth-order valence-electron chi connectivity index (χ4n) is 4.37. The van der Waals surface area contributed by atoms with Gasteiger partial charge in [0.05, 0.1) is 6.61 Å². The van der Waals surface area contributed by atoms with Crippen LogP contribution in [0.5, 0.6) is 11.5 Å². The third-order valence-corrected chi connectivity index (χ3v) is 6.15. The van der Waals surface area contributed by atoms with Gasteiger partial charge in [-0.1, -0.05) is 54.1 Å². The van der Waals surface area contributed by atoms with Crippen LogP contribution in [-0.4, -0.2) is 46.8 Å². The Morgan fingerprint density at radius 3 is 2.25 bits per heavy atom. The molecule has 0 atom stereocenters. The molecule has 0 radical (unpaired) electrons. The van der Waals surface area contributed by atoms with Crippen LogP contribution in [0.15, 0.2) is 66.7 Å². The minimum atomic E-state index is -1.45. The lowest BCUT2D eigenvalue weighted by atomic mass is 9.95. The van der Waals surface area contributed by atoms with E-state index < -0.39 is 30.0 Å². The molecule has 3 N–H and O–H groups in total. The number of hydrogen-bond acceptors (Lipinski definition) is 5. The summed E-state index contributed by atoms with van der Waals surface area (Å²) in [5, 5.41) is 21.7. The minimum absolute atomic E-state index is 0.180. The van der Waals surface area contributed by atoms with Crippen molar-refractivity contribution < 1.29 is 34.1 Å². The number of aryl methyl sites for hydroxylation is 1. The third kappa shape index (κ3) is 5.66. The summed E-state index contributed by atoms with van der Waals surface area (Å²) in [5.41, 5.74) is 2.69. The van der Waals surface area contributed by atoms with E-state index in [1.54, 1.807) is 0 Å². The van der Waals surface area contributed by atoms with E-state index in [1.165, 1.54) is 18.2 Å². The maximum absolute atomic E-state index is 13.2. The van der Waals surface area contributed by atoms with Crippen molar-refractivity contribution in [1.29, 1.82) is 0 Å². The van der Waals surface area contributed by atoms with Crippen molar-refractivity contribution in [2.45, 2.75) is 31.7 Å². The van der Waals surface area contributed by atoms with Crippen molar-refractivity contribution in [3.8, 4) is 11.5 Å². The molecule has 0 bridgehead atoms. The van der Waals surface area contributed by atoms with E-state index in [2.05, 4.69) is 5.32 Å².